The molecule has 0 aromatic rings. The summed E-state index contributed by atoms with van der Waals surface area (Å²) in [4.78, 5) is 0. The van der Waals surface area contributed by atoms with Gasteiger partial charge in [-0.2, -0.15) is 0 Å². The second kappa shape index (κ2) is 3.09. The van der Waals surface area contributed by atoms with Crippen LogP contribution >= 0.6 is 16.1 Å². The molecule has 0 aromatic heterocycles. The average molecular weight is 216 g/mol. The lowest BCUT2D eigenvalue weighted by molar-refractivity contribution is 0.379. The summed E-state index contributed by atoms with van der Waals surface area (Å²) in [5.41, 5.74) is -0.320. The number of halogens is 1. The van der Waals surface area contributed by atoms with Gasteiger partial charge in [-0.15, -0.1) is 3.33 Å². The predicted octanol–water partition coefficient (Wildman–Crippen LogP) is 1.53. The van der Waals surface area contributed by atoms with Crippen molar-refractivity contribution in [2.75, 3.05) is 0 Å². The molecule has 1 atom stereocenters. The van der Waals surface area contributed by atoms with Crippen molar-refractivity contribution < 1.29 is 8.76 Å². The maximum Gasteiger partial charge on any atom is 0.245 e. The van der Waals surface area contributed by atoms with E-state index in [0.29, 0.717) is 0 Å². The van der Waals surface area contributed by atoms with Gasteiger partial charge in [0.15, 0.2) is 0 Å². The van der Waals surface area contributed by atoms with E-state index in [2.05, 4.69) is 16.1 Å². The summed E-state index contributed by atoms with van der Waals surface area (Å²) < 4.78 is 20.0. The zero-order valence-electron chi connectivity index (χ0n) is 5.59. The van der Waals surface area contributed by atoms with Crippen LogP contribution in [0.4, 0.5) is 0 Å². The lowest BCUT2D eigenvalue weighted by atomic mass is 10.1. The molecular weight excluding hydrogens is 206 g/mol. The minimum Gasteiger partial charge on any atom is -0.293 e. The van der Waals surface area contributed by atoms with Crippen LogP contribution < -0.4 is 0 Å². The fourth-order valence-corrected chi connectivity index (χ4v) is 0.703. The standard InChI is InChI=1S/C4H10BrNO2S/c1-4(2,3)6(5)9(7)8/h1-3H3,(H,7,8). The third kappa shape index (κ3) is 3.30. The molecule has 0 heterocycles. The summed E-state index contributed by atoms with van der Waals surface area (Å²) >= 11 is 1.02. The maximum atomic E-state index is 10.3. The molecule has 0 saturated heterocycles. The number of nitrogens with zero attached hydrogens (tertiary/aromatic N) is 1. The summed E-state index contributed by atoms with van der Waals surface area (Å²) in [5.74, 6) is 0. The molecule has 3 nitrogen and oxygen atoms in total. The normalized spacial score (nSPS) is 16.2. The summed E-state index contributed by atoms with van der Waals surface area (Å²) in [6.45, 7) is 5.49. The molecule has 0 spiro atoms. The molecule has 0 aliphatic rings. The van der Waals surface area contributed by atoms with Gasteiger partial charge in [0.2, 0.25) is 11.3 Å². The maximum absolute atomic E-state index is 10.3. The molecule has 0 aliphatic heterocycles. The van der Waals surface area contributed by atoms with Crippen LogP contribution in [0.15, 0.2) is 0 Å². The van der Waals surface area contributed by atoms with E-state index in [1.165, 1.54) is 3.33 Å². The molecule has 5 heteroatoms. The SMILES string of the molecule is CC(C)(C)N(Br)S(=O)O. The van der Waals surface area contributed by atoms with Crippen LogP contribution in [-0.2, 0) is 11.3 Å². The Morgan fingerprint density at radius 2 is 1.89 bits per heavy atom. The molecule has 56 valence electrons. The molecule has 0 rings (SSSR count). The van der Waals surface area contributed by atoms with Gasteiger partial charge in [-0.3, -0.25) is 4.55 Å². The molecule has 0 bridgehead atoms. The molecule has 1 N–H and O–H groups in total. The van der Waals surface area contributed by atoms with Crippen LogP contribution in [0.1, 0.15) is 20.8 Å². The van der Waals surface area contributed by atoms with E-state index < -0.39 is 11.3 Å². The van der Waals surface area contributed by atoms with Crippen molar-refractivity contribution in [2.24, 2.45) is 0 Å². The van der Waals surface area contributed by atoms with E-state index in [1.807, 2.05) is 20.8 Å². The van der Waals surface area contributed by atoms with E-state index in [9.17, 15) is 4.21 Å². The van der Waals surface area contributed by atoms with Crippen molar-refractivity contribution in [3.8, 4) is 0 Å². The van der Waals surface area contributed by atoms with Gasteiger partial charge >= 0.3 is 0 Å². The highest BCUT2D eigenvalue weighted by atomic mass is 79.9. The van der Waals surface area contributed by atoms with E-state index in [4.69, 9.17) is 4.55 Å². The van der Waals surface area contributed by atoms with Crippen molar-refractivity contribution in [1.82, 2.24) is 3.33 Å². The third-order valence-electron chi connectivity index (χ3n) is 0.665. The monoisotopic (exact) mass is 215 g/mol. The summed E-state index contributed by atoms with van der Waals surface area (Å²) in [5, 5.41) is 0. The van der Waals surface area contributed by atoms with E-state index >= 15 is 0 Å². The van der Waals surface area contributed by atoms with Crippen LogP contribution in [0, 0.1) is 0 Å². The Morgan fingerprint density at radius 1 is 1.56 bits per heavy atom. The van der Waals surface area contributed by atoms with Gasteiger partial charge < -0.3 is 0 Å². The van der Waals surface area contributed by atoms with Gasteiger partial charge in [0.05, 0.1) is 0 Å². The highest BCUT2D eigenvalue weighted by Gasteiger charge is 2.22. The van der Waals surface area contributed by atoms with Gasteiger partial charge in [0.25, 0.3) is 0 Å². The van der Waals surface area contributed by atoms with E-state index in [1.54, 1.807) is 0 Å². The second-order valence-electron chi connectivity index (χ2n) is 2.65. The van der Waals surface area contributed by atoms with Crippen molar-refractivity contribution in [1.29, 1.82) is 0 Å². The van der Waals surface area contributed by atoms with Gasteiger partial charge in [-0.05, 0) is 20.8 Å². The minimum absolute atomic E-state index is 0.320. The summed E-state index contributed by atoms with van der Waals surface area (Å²) in [6.07, 6.45) is 0. The largest absolute Gasteiger partial charge is 0.293 e. The van der Waals surface area contributed by atoms with Crippen molar-refractivity contribution >= 4 is 27.4 Å². The molecule has 0 radical (unpaired) electrons. The molecule has 0 amide bonds. The van der Waals surface area contributed by atoms with Gasteiger partial charge in [-0.25, -0.2) is 4.21 Å². The van der Waals surface area contributed by atoms with Crippen LogP contribution in [0.3, 0.4) is 0 Å². The van der Waals surface area contributed by atoms with E-state index in [0.717, 1.165) is 0 Å². The first-order valence-corrected chi connectivity index (χ1v) is 4.20. The average Bonchev–Trinajstić information content (AvgIpc) is 1.62. The Hall–Kier alpha value is 0.550. The molecule has 9 heavy (non-hydrogen) atoms. The lowest BCUT2D eigenvalue weighted by Gasteiger charge is -2.24. The highest BCUT2D eigenvalue weighted by molar-refractivity contribution is 9.08. The number of hydrogen-bond donors (Lipinski definition) is 1. The Balaban J connectivity index is 4.04. The molecule has 0 aromatic carbocycles. The number of hydrogen-bond acceptors (Lipinski definition) is 1. The van der Waals surface area contributed by atoms with E-state index in [-0.39, 0.29) is 5.54 Å². The Labute approximate surface area is 66.2 Å². The first kappa shape index (κ1) is 9.55. The van der Waals surface area contributed by atoms with Crippen molar-refractivity contribution in [2.45, 2.75) is 26.3 Å². The fraction of sp³-hybridized carbons (Fsp3) is 1.00. The fourth-order valence-electron chi connectivity index (χ4n) is 0.234. The molecular formula is C4H10BrNO2S. The summed E-state index contributed by atoms with van der Waals surface area (Å²) in [7, 11) is 0. The zero-order chi connectivity index (χ0) is 7.65. The molecule has 0 saturated carbocycles. The first-order valence-electron chi connectivity index (χ1n) is 2.42. The Kier molecular flexibility index (Phi) is 3.28. The second-order valence-corrected chi connectivity index (χ2v) is 4.65. The van der Waals surface area contributed by atoms with Crippen LogP contribution in [0.2, 0.25) is 0 Å². The molecule has 1 unspecified atom stereocenters. The Morgan fingerprint density at radius 3 is 1.89 bits per heavy atom. The van der Waals surface area contributed by atoms with Crippen molar-refractivity contribution in [3.63, 3.8) is 0 Å². The zero-order valence-corrected chi connectivity index (χ0v) is 7.99. The van der Waals surface area contributed by atoms with Gasteiger partial charge in [0, 0.05) is 21.7 Å². The molecule has 0 fully saturated rings. The van der Waals surface area contributed by atoms with Gasteiger partial charge in [-0.1, -0.05) is 0 Å². The number of rotatable bonds is 1. The van der Waals surface area contributed by atoms with Crippen LogP contribution in [-0.4, -0.2) is 17.6 Å². The highest BCUT2D eigenvalue weighted by Crippen LogP contribution is 2.18. The van der Waals surface area contributed by atoms with Gasteiger partial charge in [0.1, 0.15) is 0 Å². The van der Waals surface area contributed by atoms with Crippen LogP contribution in [0.25, 0.3) is 0 Å². The molecule has 0 aliphatic carbocycles. The first-order chi connectivity index (χ1) is 3.85. The van der Waals surface area contributed by atoms with Crippen LogP contribution in [0.5, 0.6) is 0 Å². The topological polar surface area (TPSA) is 40.5 Å². The Bertz CT molecular complexity index is 122. The smallest absolute Gasteiger partial charge is 0.245 e. The predicted molar refractivity (Wildman–Crippen MR) is 41.3 cm³/mol. The summed E-state index contributed by atoms with van der Waals surface area (Å²) in [6, 6.07) is 0. The third-order valence-corrected chi connectivity index (χ3v) is 3.29. The van der Waals surface area contributed by atoms with Crippen molar-refractivity contribution in [3.05, 3.63) is 0 Å². The quantitative estimate of drug-likeness (QED) is 0.533. The minimum atomic E-state index is -1.93. The lowest BCUT2D eigenvalue weighted by Crippen LogP contribution is -2.34.